The normalized spacial score (nSPS) is 11.8. The molecule has 102 valence electrons. The first-order valence-electron chi connectivity index (χ1n) is 5.80. The van der Waals surface area contributed by atoms with Crippen LogP contribution in [0.25, 0.3) is 11.4 Å². The van der Waals surface area contributed by atoms with Gasteiger partial charge in [0.15, 0.2) is 5.82 Å². The summed E-state index contributed by atoms with van der Waals surface area (Å²) in [6.07, 6.45) is 0. The lowest BCUT2D eigenvalue weighted by atomic mass is 10.0. The Labute approximate surface area is 116 Å². The van der Waals surface area contributed by atoms with Crippen molar-refractivity contribution in [1.82, 2.24) is 14.8 Å². The third-order valence-electron chi connectivity index (χ3n) is 2.96. The highest BCUT2D eigenvalue weighted by molar-refractivity contribution is 8.13. The van der Waals surface area contributed by atoms with Crippen LogP contribution in [0.3, 0.4) is 0 Å². The van der Waals surface area contributed by atoms with E-state index in [0.717, 1.165) is 16.7 Å². The van der Waals surface area contributed by atoms with E-state index in [9.17, 15) is 8.42 Å². The predicted octanol–water partition coefficient (Wildman–Crippen LogP) is 2.51. The van der Waals surface area contributed by atoms with Crippen LogP contribution in [0.4, 0.5) is 0 Å². The highest BCUT2D eigenvalue weighted by Crippen LogP contribution is 2.27. The molecule has 0 bridgehead atoms. The zero-order valence-electron chi connectivity index (χ0n) is 10.9. The summed E-state index contributed by atoms with van der Waals surface area (Å²) < 4.78 is 24.4. The van der Waals surface area contributed by atoms with Gasteiger partial charge < -0.3 is 0 Å². The molecule has 0 spiro atoms. The van der Waals surface area contributed by atoms with Gasteiger partial charge in [0, 0.05) is 22.8 Å². The van der Waals surface area contributed by atoms with E-state index in [0.29, 0.717) is 12.4 Å². The number of nitrogens with zero attached hydrogens (tertiary/aromatic N) is 3. The minimum absolute atomic E-state index is 0.214. The fourth-order valence-electron chi connectivity index (χ4n) is 2.11. The molecular weight excluding hydrogens is 286 g/mol. The van der Waals surface area contributed by atoms with E-state index < -0.39 is 9.05 Å². The van der Waals surface area contributed by atoms with Crippen molar-refractivity contribution in [2.75, 3.05) is 0 Å². The largest absolute Gasteiger partial charge is 0.297 e. The number of halogens is 1. The van der Waals surface area contributed by atoms with Crippen LogP contribution in [0.5, 0.6) is 0 Å². The quantitative estimate of drug-likeness (QED) is 0.817. The summed E-state index contributed by atoms with van der Waals surface area (Å²) in [6.45, 7) is 6.15. The predicted molar refractivity (Wildman–Crippen MR) is 73.6 cm³/mol. The van der Waals surface area contributed by atoms with Crippen molar-refractivity contribution in [2.24, 2.45) is 0 Å². The van der Waals surface area contributed by atoms with Gasteiger partial charge in [0.25, 0.3) is 14.2 Å². The zero-order chi connectivity index (χ0) is 14.2. The second-order valence-corrected chi connectivity index (χ2v) is 6.71. The van der Waals surface area contributed by atoms with Crippen LogP contribution in [0.15, 0.2) is 23.4 Å². The first-order chi connectivity index (χ1) is 8.86. The van der Waals surface area contributed by atoms with E-state index in [2.05, 4.69) is 10.2 Å². The molecule has 0 N–H and O–H groups in total. The lowest BCUT2D eigenvalue weighted by Crippen LogP contribution is -2.07. The maximum Gasteiger partial charge on any atom is 0.296 e. The number of hydrogen-bond acceptors (Lipinski definition) is 4. The SMILES string of the molecule is CCn1c(-c2c(C)cccc2C)nnc1S(=O)(=O)Cl. The Bertz CT molecular complexity index is 702. The summed E-state index contributed by atoms with van der Waals surface area (Å²) in [4.78, 5) is 0. The number of benzene rings is 1. The molecule has 0 aliphatic heterocycles. The van der Waals surface area contributed by atoms with Crippen LogP contribution in [-0.4, -0.2) is 23.2 Å². The van der Waals surface area contributed by atoms with Crippen molar-refractivity contribution in [3.63, 3.8) is 0 Å². The molecule has 2 aromatic rings. The molecular formula is C12H14ClN3O2S. The second kappa shape index (κ2) is 4.94. The maximum absolute atomic E-state index is 11.5. The number of hydrogen-bond donors (Lipinski definition) is 0. The van der Waals surface area contributed by atoms with Gasteiger partial charge in [-0.05, 0) is 31.9 Å². The van der Waals surface area contributed by atoms with Crippen molar-refractivity contribution in [3.05, 3.63) is 29.3 Å². The van der Waals surface area contributed by atoms with Gasteiger partial charge in [-0.15, -0.1) is 10.2 Å². The molecule has 1 heterocycles. The fourth-order valence-corrected chi connectivity index (χ4v) is 3.07. The minimum Gasteiger partial charge on any atom is -0.297 e. The summed E-state index contributed by atoms with van der Waals surface area (Å²) in [5.74, 6) is 0.525. The summed E-state index contributed by atoms with van der Waals surface area (Å²) in [5, 5.41) is 7.49. The Kier molecular flexibility index (Phi) is 3.64. The summed E-state index contributed by atoms with van der Waals surface area (Å²) >= 11 is 0. The molecule has 0 aliphatic carbocycles. The Hall–Kier alpha value is -1.40. The molecule has 7 heteroatoms. The second-order valence-electron chi connectivity index (χ2n) is 4.26. The summed E-state index contributed by atoms with van der Waals surface area (Å²) in [7, 11) is 1.47. The molecule has 5 nitrogen and oxygen atoms in total. The molecule has 1 aromatic carbocycles. The standard InChI is InChI=1S/C12H14ClN3O2S/c1-4-16-11(14-15-12(16)19(13,17)18)10-8(2)6-5-7-9(10)3/h5-7H,4H2,1-3H3. The smallest absolute Gasteiger partial charge is 0.296 e. The van der Waals surface area contributed by atoms with Gasteiger partial charge in [-0.3, -0.25) is 4.57 Å². The van der Waals surface area contributed by atoms with Gasteiger partial charge >= 0.3 is 0 Å². The minimum atomic E-state index is -3.90. The monoisotopic (exact) mass is 299 g/mol. The van der Waals surface area contributed by atoms with Crippen molar-refractivity contribution < 1.29 is 8.42 Å². The van der Waals surface area contributed by atoms with Gasteiger partial charge in [0.1, 0.15) is 0 Å². The van der Waals surface area contributed by atoms with E-state index in [-0.39, 0.29) is 5.16 Å². The molecule has 0 saturated heterocycles. The van der Waals surface area contributed by atoms with Crippen LogP contribution in [0.1, 0.15) is 18.1 Å². The van der Waals surface area contributed by atoms with Gasteiger partial charge in [0.2, 0.25) is 0 Å². The lowest BCUT2D eigenvalue weighted by molar-refractivity contribution is 0.582. The molecule has 19 heavy (non-hydrogen) atoms. The number of aryl methyl sites for hydroxylation is 2. The highest BCUT2D eigenvalue weighted by atomic mass is 35.7. The highest BCUT2D eigenvalue weighted by Gasteiger charge is 2.23. The average molecular weight is 300 g/mol. The number of rotatable bonds is 3. The van der Waals surface area contributed by atoms with Crippen LogP contribution < -0.4 is 0 Å². The van der Waals surface area contributed by atoms with E-state index >= 15 is 0 Å². The first-order valence-corrected chi connectivity index (χ1v) is 8.11. The van der Waals surface area contributed by atoms with Crippen molar-refractivity contribution in [3.8, 4) is 11.4 Å². The first kappa shape index (κ1) is 14.0. The van der Waals surface area contributed by atoms with Crippen LogP contribution in [0, 0.1) is 13.8 Å². The molecule has 0 unspecified atom stereocenters. The molecule has 0 saturated carbocycles. The molecule has 2 rings (SSSR count). The van der Waals surface area contributed by atoms with Crippen molar-refractivity contribution >= 4 is 19.7 Å². The fraction of sp³-hybridized carbons (Fsp3) is 0.333. The van der Waals surface area contributed by atoms with Crippen LogP contribution >= 0.6 is 10.7 Å². The Morgan fingerprint density at radius 1 is 1.21 bits per heavy atom. The molecule has 0 amide bonds. The molecule has 0 aliphatic rings. The Balaban J connectivity index is 2.75. The van der Waals surface area contributed by atoms with E-state index in [4.69, 9.17) is 10.7 Å². The topological polar surface area (TPSA) is 64.8 Å². The summed E-state index contributed by atoms with van der Waals surface area (Å²) in [5.41, 5.74) is 2.92. The zero-order valence-corrected chi connectivity index (χ0v) is 12.5. The Morgan fingerprint density at radius 2 is 1.79 bits per heavy atom. The molecule has 0 atom stereocenters. The lowest BCUT2D eigenvalue weighted by Gasteiger charge is -2.10. The van der Waals surface area contributed by atoms with Gasteiger partial charge in [0.05, 0.1) is 0 Å². The van der Waals surface area contributed by atoms with E-state index in [1.165, 1.54) is 4.57 Å². The number of aromatic nitrogens is 3. The Morgan fingerprint density at radius 3 is 2.26 bits per heavy atom. The van der Waals surface area contributed by atoms with Crippen molar-refractivity contribution in [1.29, 1.82) is 0 Å². The maximum atomic E-state index is 11.5. The van der Waals surface area contributed by atoms with Crippen molar-refractivity contribution in [2.45, 2.75) is 32.5 Å². The third kappa shape index (κ3) is 2.50. The summed E-state index contributed by atoms with van der Waals surface area (Å²) in [6, 6.07) is 5.85. The van der Waals surface area contributed by atoms with Gasteiger partial charge in [-0.25, -0.2) is 8.42 Å². The average Bonchev–Trinajstić information content (AvgIpc) is 2.72. The van der Waals surface area contributed by atoms with E-state index in [1.807, 2.05) is 39.0 Å². The molecule has 0 radical (unpaired) electrons. The van der Waals surface area contributed by atoms with Gasteiger partial charge in [-0.1, -0.05) is 18.2 Å². The van der Waals surface area contributed by atoms with Gasteiger partial charge in [-0.2, -0.15) is 0 Å². The van der Waals surface area contributed by atoms with E-state index in [1.54, 1.807) is 0 Å². The third-order valence-corrected chi connectivity index (χ3v) is 4.11. The molecule has 0 fully saturated rings. The van der Waals surface area contributed by atoms with Crippen LogP contribution in [-0.2, 0) is 15.6 Å². The molecule has 1 aromatic heterocycles. The van der Waals surface area contributed by atoms with Crippen LogP contribution in [0.2, 0.25) is 0 Å².